The highest BCUT2D eigenvalue weighted by Gasteiger charge is 2.23. The highest BCUT2D eigenvalue weighted by Crippen LogP contribution is 2.23. The number of aryl methyl sites for hydroxylation is 1. The number of aliphatic imine (C=N–C) groups is 1. The monoisotopic (exact) mass is 400 g/mol. The number of fused-ring (bicyclic) bond motifs is 1. The van der Waals surface area contributed by atoms with E-state index in [0.717, 1.165) is 23.1 Å². The van der Waals surface area contributed by atoms with Gasteiger partial charge in [0.1, 0.15) is 6.54 Å². The lowest BCUT2D eigenvalue weighted by atomic mass is 10.1. The lowest BCUT2D eigenvalue weighted by Gasteiger charge is -2.02. The molecule has 148 valence electrons. The highest BCUT2D eigenvalue weighted by atomic mass is 16.6. The summed E-state index contributed by atoms with van der Waals surface area (Å²) >= 11 is 0. The predicted octanol–water partition coefficient (Wildman–Crippen LogP) is 4.07. The van der Waals surface area contributed by atoms with E-state index in [1.165, 1.54) is 12.1 Å². The van der Waals surface area contributed by atoms with Crippen LogP contribution in [0.25, 0.3) is 23.1 Å². The van der Waals surface area contributed by atoms with Gasteiger partial charge in [-0.05, 0) is 31.2 Å². The first-order valence-corrected chi connectivity index (χ1v) is 9.42. The Morgan fingerprint density at radius 1 is 1.07 bits per heavy atom. The van der Waals surface area contributed by atoms with Crippen molar-refractivity contribution in [1.82, 2.24) is 0 Å². The zero-order valence-corrected chi connectivity index (χ0v) is 16.2. The summed E-state index contributed by atoms with van der Waals surface area (Å²) in [6.45, 7) is 2.83. The lowest BCUT2D eigenvalue weighted by Crippen LogP contribution is -2.36. The van der Waals surface area contributed by atoms with E-state index >= 15 is 0 Å². The highest BCUT2D eigenvalue weighted by molar-refractivity contribution is 6.11. The second kappa shape index (κ2) is 8.08. The Balaban J connectivity index is 1.65. The zero-order chi connectivity index (χ0) is 21.1. The van der Waals surface area contributed by atoms with Gasteiger partial charge in [-0.15, -0.1) is 0 Å². The predicted molar refractivity (Wildman–Crippen MR) is 113 cm³/mol. The first-order valence-electron chi connectivity index (χ1n) is 9.42. The largest absolute Gasteiger partial charge is 0.403 e. The fourth-order valence-electron chi connectivity index (χ4n) is 3.35. The maximum absolute atomic E-state index is 12.2. The number of hydrogen-bond donors (Lipinski definition) is 0. The van der Waals surface area contributed by atoms with Gasteiger partial charge in [-0.1, -0.05) is 24.3 Å². The van der Waals surface area contributed by atoms with Gasteiger partial charge in [0, 0.05) is 35.7 Å². The van der Waals surface area contributed by atoms with Gasteiger partial charge in [0.15, 0.2) is 5.70 Å². The third-order valence-electron chi connectivity index (χ3n) is 4.75. The van der Waals surface area contributed by atoms with Crippen LogP contribution >= 0.6 is 0 Å². The Kier molecular flexibility index (Phi) is 5.17. The number of benzene rings is 2. The average molecular weight is 400 g/mol. The fourth-order valence-corrected chi connectivity index (χ4v) is 3.35. The van der Waals surface area contributed by atoms with Crippen LogP contribution in [0.5, 0.6) is 0 Å². The molecule has 1 aromatic heterocycles. The molecule has 30 heavy (non-hydrogen) atoms. The number of ether oxygens (including phenoxy) is 1. The van der Waals surface area contributed by atoms with E-state index in [1.54, 1.807) is 24.3 Å². The molecule has 7 nitrogen and oxygen atoms in total. The first-order chi connectivity index (χ1) is 14.6. The summed E-state index contributed by atoms with van der Waals surface area (Å²) in [5.74, 6) is -0.504. The van der Waals surface area contributed by atoms with E-state index < -0.39 is 10.9 Å². The lowest BCUT2D eigenvalue weighted by molar-refractivity contribution is -0.669. The fraction of sp³-hybridized carbons (Fsp3) is 0.0870. The Bertz CT molecular complexity index is 1260. The third kappa shape index (κ3) is 3.73. The quantitative estimate of drug-likeness (QED) is 0.212. The number of aromatic nitrogens is 1. The van der Waals surface area contributed by atoms with Crippen molar-refractivity contribution >= 4 is 40.6 Å². The molecule has 0 aliphatic carbocycles. The molecule has 0 atom stereocenters. The molecule has 0 radical (unpaired) electrons. The third-order valence-corrected chi connectivity index (χ3v) is 4.75. The van der Waals surface area contributed by atoms with Crippen molar-refractivity contribution in [2.75, 3.05) is 0 Å². The van der Waals surface area contributed by atoms with E-state index in [4.69, 9.17) is 4.74 Å². The molecule has 4 rings (SSSR count). The number of para-hydroxylation sites is 2. The van der Waals surface area contributed by atoms with E-state index in [-0.39, 0.29) is 17.3 Å². The number of carbonyl (C=O) groups excluding carboxylic acids is 1. The van der Waals surface area contributed by atoms with Crippen LogP contribution in [0, 0.1) is 10.1 Å². The summed E-state index contributed by atoms with van der Waals surface area (Å²) < 4.78 is 7.35. The van der Waals surface area contributed by atoms with Crippen molar-refractivity contribution in [2.24, 2.45) is 4.99 Å². The minimum absolute atomic E-state index is 0.0193. The first kappa shape index (κ1) is 19.2. The van der Waals surface area contributed by atoms with Crippen molar-refractivity contribution in [1.29, 1.82) is 0 Å². The van der Waals surface area contributed by atoms with Gasteiger partial charge in [-0.25, -0.2) is 9.79 Å². The van der Waals surface area contributed by atoms with Gasteiger partial charge in [-0.3, -0.25) is 10.1 Å². The summed E-state index contributed by atoms with van der Waals surface area (Å²) in [6, 6.07) is 18.3. The van der Waals surface area contributed by atoms with Crippen LogP contribution in [0.3, 0.4) is 0 Å². The maximum Gasteiger partial charge on any atom is 0.363 e. The standard InChI is InChI=1S/C23H18N3O4/c1-2-25-18(12-11-16-7-3-5-9-20(16)25)13-14-22-24-19(23(27)30-22)15-17-8-4-6-10-21(17)26(28)29/h3-15H,2H2,1H3/q+1/b14-13+,19-15+. The van der Waals surface area contributed by atoms with Crippen molar-refractivity contribution in [3.8, 4) is 0 Å². The van der Waals surface area contributed by atoms with Crippen molar-refractivity contribution in [3.05, 3.63) is 93.8 Å². The van der Waals surface area contributed by atoms with E-state index in [0.29, 0.717) is 5.56 Å². The van der Waals surface area contributed by atoms with Gasteiger partial charge in [0.2, 0.25) is 17.1 Å². The summed E-state index contributed by atoms with van der Waals surface area (Å²) in [4.78, 5) is 27.0. The Labute approximate surface area is 172 Å². The number of hydrogen-bond acceptors (Lipinski definition) is 5. The number of nitrogens with zero attached hydrogens (tertiary/aromatic N) is 3. The number of carbonyl (C=O) groups is 1. The molecule has 1 aliphatic heterocycles. The Hall–Kier alpha value is -4.13. The second-order valence-corrected chi connectivity index (χ2v) is 6.58. The zero-order valence-electron chi connectivity index (χ0n) is 16.2. The average Bonchev–Trinajstić information content (AvgIpc) is 3.11. The minimum atomic E-state index is -0.644. The molecule has 0 amide bonds. The molecule has 2 aromatic carbocycles. The van der Waals surface area contributed by atoms with Gasteiger partial charge >= 0.3 is 5.97 Å². The van der Waals surface area contributed by atoms with Crippen molar-refractivity contribution < 1.29 is 19.0 Å². The molecule has 0 spiro atoms. The van der Waals surface area contributed by atoms with Crippen molar-refractivity contribution in [2.45, 2.75) is 13.5 Å². The molecular formula is C23H18N3O4+. The maximum atomic E-state index is 12.2. The van der Waals surface area contributed by atoms with E-state index in [1.807, 2.05) is 30.3 Å². The Morgan fingerprint density at radius 2 is 1.83 bits per heavy atom. The molecule has 0 fully saturated rings. The molecule has 2 heterocycles. The summed E-state index contributed by atoms with van der Waals surface area (Å²) in [6.07, 6.45) is 4.81. The van der Waals surface area contributed by atoms with Gasteiger partial charge in [0.05, 0.1) is 10.5 Å². The molecule has 0 saturated carbocycles. The van der Waals surface area contributed by atoms with E-state index in [9.17, 15) is 14.9 Å². The molecule has 7 heteroatoms. The molecule has 0 N–H and O–H groups in total. The van der Waals surface area contributed by atoms with Gasteiger partial charge in [0.25, 0.3) is 5.69 Å². The summed E-state index contributed by atoms with van der Waals surface area (Å²) in [5.41, 5.74) is 2.25. The molecule has 1 aliphatic rings. The molecule has 3 aromatic rings. The molecule has 0 bridgehead atoms. The summed E-state index contributed by atoms with van der Waals surface area (Å²) in [7, 11) is 0. The normalized spacial score (nSPS) is 15.0. The number of cyclic esters (lactones) is 1. The smallest absolute Gasteiger partial charge is 0.363 e. The minimum Gasteiger partial charge on any atom is -0.403 e. The second-order valence-electron chi connectivity index (χ2n) is 6.58. The van der Waals surface area contributed by atoms with Gasteiger partial charge < -0.3 is 4.74 Å². The van der Waals surface area contributed by atoms with Crippen molar-refractivity contribution in [3.63, 3.8) is 0 Å². The number of esters is 1. The molecule has 0 saturated heterocycles. The van der Waals surface area contributed by atoms with Crippen LogP contribution in [0.1, 0.15) is 18.2 Å². The molecular weight excluding hydrogens is 382 g/mol. The number of nitro benzene ring substituents is 1. The molecule has 0 unspecified atom stereocenters. The van der Waals surface area contributed by atoms with Gasteiger partial charge in [-0.2, -0.15) is 4.57 Å². The van der Waals surface area contributed by atoms with Crippen LogP contribution in [-0.2, 0) is 16.1 Å². The van der Waals surface area contributed by atoms with Crippen LogP contribution < -0.4 is 4.57 Å². The van der Waals surface area contributed by atoms with E-state index in [2.05, 4.69) is 28.6 Å². The SMILES string of the molecule is CC[n+]1c(/C=C/C2=NC(=C/c3ccccc3[N+](=O)[O-])/C(=O)O2)ccc2ccccc21. The van der Waals surface area contributed by atoms with Crippen LogP contribution in [0.4, 0.5) is 5.69 Å². The van der Waals surface area contributed by atoms with Crippen LogP contribution in [0.2, 0.25) is 0 Å². The summed E-state index contributed by atoms with van der Waals surface area (Å²) in [5, 5.41) is 12.3. The number of rotatable bonds is 5. The Morgan fingerprint density at radius 3 is 2.63 bits per heavy atom. The van der Waals surface area contributed by atoms with Crippen LogP contribution in [-0.4, -0.2) is 16.8 Å². The number of nitro groups is 1. The topological polar surface area (TPSA) is 85.7 Å². The van der Waals surface area contributed by atoms with Crippen LogP contribution in [0.15, 0.2) is 77.4 Å². The number of pyridine rings is 1.